The summed E-state index contributed by atoms with van der Waals surface area (Å²) in [4.78, 5) is 18.5. The molecule has 1 aromatic rings. The highest BCUT2D eigenvalue weighted by atomic mass is 127. The fourth-order valence-electron chi connectivity index (χ4n) is 3.40. The molecule has 1 fully saturated rings. The molecule has 0 radical (unpaired) electrons. The van der Waals surface area contributed by atoms with Gasteiger partial charge in [-0.1, -0.05) is 25.0 Å². The number of nitrogens with zero attached hydrogens (tertiary/aromatic N) is 2. The first kappa shape index (κ1) is 22.7. The lowest BCUT2D eigenvalue weighted by atomic mass is 9.84. The van der Waals surface area contributed by atoms with Crippen LogP contribution in [-0.4, -0.2) is 44.5 Å². The van der Waals surface area contributed by atoms with Gasteiger partial charge in [0, 0.05) is 34.2 Å². The number of nitrogens with one attached hydrogen (secondary N) is 2. The molecule has 0 aromatic heterocycles. The molecule has 0 saturated heterocycles. The minimum Gasteiger partial charge on any atom is -0.355 e. The van der Waals surface area contributed by atoms with Crippen LogP contribution in [0.25, 0.3) is 0 Å². The molecule has 1 amide bonds. The van der Waals surface area contributed by atoms with E-state index in [9.17, 15) is 9.18 Å². The third-order valence-corrected chi connectivity index (χ3v) is 4.93. The van der Waals surface area contributed by atoms with Crippen molar-refractivity contribution in [3.63, 3.8) is 0 Å². The summed E-state index contributed by atoms with van der Waals surface area (Å²) in [6.07, 6.45) is 3.96. The monoisotopic (exact) mass is 476 g/mol. The molecule has 26 heavy (non-hydrogen) atoms. The number of halogens is 2. The van der Waals surface area contributed by atoms with Gasteiger partial charge in [-0.25, -0.2) is 4.39 Å². The van der Waals surface area contributed by atoms with Crippen LogP contribution in [0, 0.1) is 18.2 Å². The molecule has 5 nitrogen and oxygen atoms in total. The van der Waals surface area contributed by atoms with Crippen molar-refractivity contribution in [2.45, 2.75) is 39.2 Å². The fraction of sp³-hybridized carbons (Fsp3) is 0.579. The van der Waals surface area contributed by atoms with Crippen molar-refractivity contribution in [3.8, 4) is 0 Å². The molecule has 2 N–H and O–H groups in total. The third-order valence-electron chi connectivity index (χ3n) is 4.93. The van der Waals surface area contributed by atoms with Gasteiger partial charge in [0.05, 0.1) is 5.41 Å². The van der Waals surface area contributed by atoms with Gasteiger partial charge in [-0.15, -0.1) is 24.0 Å². The van der Waals surface area contributed by atoms with E-state index in [0.717, 1.165) is 31.2 Å². The Morgan fingerprint density at radius 2 is 1.92 bits per heavy atom. The van der Waals surface area contributed by atoms with Crippen LogP contribution in [0.1, 0.15) is 36.8 Å². The van der Waals surface area contributed by atoms with Crippen molar-refractivity contribution in [3.05, 3.63) is 35.1 Å². The van der Waals surface area contributed by atoms with E-state index < -0.39 is 0 Å². The summed E-state index contributed by atoms with van der Waals surface area (Å²) >= 11 is 0. The summed E-state index contributed by atoms with van der Waals surface area (Å²) in [6, 6.07) is 5.20. The lowest BCUT2D eigenvalue weighted by Gasteiger charge is -2.31. The zero-order chi connectivity index (χ0) is 18.4. The number of benzene rings is 1. The zero-order valence-corrected chi connectivity index (χ0v) is 18.4. The Morgan fingerprint density at radius 1 is 1.27 bits per heavy atom. The van der Waals surface area contributed by atoms with Crippen molar-refractivity contribution >= 4 is 35.8 Å². The molecule has 1 aromatic carbocycles. The standard InChI is InChI=1S/C19H29FN4O.HI/c1-14-7-8-15(11-16(14)20)12-22-18(21-2)23-13-19(9-5-6-10-19)17(25)24(3)4;/h7-8,11H,5-6,9-10,12-13H2,1-4H3,(H2,21,22,23);1H. The molecule has 1 aliphatic carbocycles. The van der Waals surface area contributed by atoms with Crippen LogP contribution in [0.3, 0.4) is 0 Å². The lowest BCUT2D eigenvalue weighted by Crippen LogP contribution is -2.49. The van der Waals surface area contributed by atoms with Gasteiger partial charge in [0.15, 0.2) is 5.96 Å². The van der Waals surface area contributed by atoms with E-state index in [1.807, 2.05) is 6.07 Å². The lowest BCUT2D eigenvalue weighted by molar-refractivity contribution is -0.138. The predicted octanol–water partition coefficient (Wildman–Crippen LogP) is 3.07. The van der Waals surface area contributed by atoms with Gasteiger partial charge < -0.3 is 15.5 Å². The summed E-state index contributed by atoms with van der Waals surface area (Å²) in [5, 5.41) is 6.47. The van der Waals surface area contributed by atoms with Crippen LogP contribution in [0.15, 0.2) is 23.2 Å². The maximum Gasteiger partial charge on any atom is 0.230 e. The second-order valence-corrected chi connectivity index (χ2v) is 7.05. The highest BCUT2D eigenvalue weighted by molar-refractivity contribution is 14.0. The molecular weight excluding hydrogens is 446 g/mol. The van der Waals surface area contributed by atoms with Crippen LogP contribution in [0.4, 0.5) is 4.39 Å². The van der Waals surface area contributed by atoms with Crippen LogP contribution in [0.2, 0.25) is 0 Å². The Hall–Kier alpha value is -1.38. The van der Waals surface area contributed by atoms with Crippen LogP contribution in [0.5, 0.6) is 0 Å². The highest BCUT2D eigenvalue weighted by Crippen LogP contribution is 2.38. The quantitative estimate of drug-likeness (QED) is 0.390. The molecule has 0 spiro atoms. The van der Waals surface area contributed by atoms with Gasteiger partial charge >= 0.3 is 0 Å². The average Bonchev–Trinajstić information content (AvgIpc) is 3.07. The van der Waals surface area contributed by atoms with Gasteiger partial charge in [0.1, 0.15) is 5.82 Å². The number of aryl methyl sites for hydroxylation is 1. The SMILES string of the molecule is CN=C(NCc1ccc(C)c(F)c1)NCC1(C(=O)N(C)C)CCCC1.I. The van der Waals surface area contributed by atoms with E-state index in [2.05, 4.69) is 15.6 Å². The molecule has 7 heteroatoms. The summed E-state index contributed by atoms with van der Waals surface area (Å²) in [6.45, 7) is 2.79. The average molecular weight is 476 g/mol. The summed E-state index contributed by atoms with van der Waals surface area (Å²) < 4.78 is 13.6. The van der Waals surface area contributed by atoms with E-state index in [1.54, 1.807) is 39.0 Å². The zero-order valence-electron chi connectivity index (χ0n) is 16.1. The van der Waals surface area contributed by atoms with Crippen molar-refractivity contribution < 1.29 is 9.18 Å². The third kappa shape index (κ3) is 5.56. The molecule has 2 rings (SSSR count). The maximum absolute atomic E-state index is 13.6. The second-order valence-electron chi connectivity index (χ2n) is 7.05. The second kappa shape index (κ2) is 10.1. The topological polar surface area (TPSA) is 56.7 Å². The van der Waals surface area contributed by atoms with Gasteiger partial charge in [-0.2, -0.15) is 0 Å². The summed E-state index contributed by atoms with van der Waals surface area (Å²) in [5.74, 6) is 0.594. The number of amides is 1. The molecule has 1 aliphatic rings. The van der Waals surface area contributed by atoms with E-state index in [1.165, 1.54) is 6.07 Å². The molecular formula is C19H30FIN4O. The van der Waals surface area contributed by atoms with Crippen LogP contribution >= 0.6 is 24.0 Å². The number of hydrogen-bond acceptors (Lipinski definition) is 2. The molecule has 0 atom stereocenters. The van der Waals surface area contributed by atoms with E-state index >= 15 is 0 Å². The van der Waals surface area contributed by atoms with Gasteiger partial charge in [-0.3, -0.25) is 9.79 Å². The number of carbonyl (C=O) groups is 1. The fourth-order valence-corrected chi connectivity index (χ4v) is 3.40. The van der Waals surface area contributed by atoms with Crippen molar-refractivity contribution in [1.29, 1.82) is 0 Å². The number of carbonyl (C=O) groups excluding carboxylic acids is 1. The molecule has 0 heterocycles. The number of aliphatic imine (C=N–C) groups is 1. The van der Waals surface area contributed by atoms with Crippen LogP contribution in [-0.2, 0) is 11.3 Å². The van der Waals surface area contributed by atoms with E-state index in [0.29, 0.717) is 24.6 Å². The molecule has 0 bridgehead atoms. The number of hydrogen-bond donors (Lipinski definition) is 2. The largest absolute Gasteiger partial charge is 0.355 e. The first-order chi connectivity index (χ1) is 11.9. The van der Waals surface area contributed by atoms with Crippen molar-refractivity contribution in [2.24, 2.45) is 10.4 Å². The maximum atomic E-state index is 13.6. The Labute approximate surface area is 172 Å². The molecule has 0 aliphatic heterocycles. The van der Waals surface area contributed by atoms with Crippen molar-refractivity contribution in [2.75, 3.05) is 27.7 Å². The molecule has 0 unspecified atom stereocenters. The van der Waals surface area contributed by atoms with Gasteiger partial charge in [0.2, 0.25) is 5.91 Å². The Kier molecular flexibility index (Phi) is 8.79. The first-order valence-electron chi connectivity index (χ1n) is 8.79. The summed E-state index contributed by atoms with van der Waals surface area (Å²) in [7, 11) is 5.31. The molecule has 1 saturated carbocycles. The normalized spacial score (nSPS) is 16.0. The van der Waals surface area contributed by atoms with Gasteiger partial charge in [-0.05, 0) is 37.0 Å². The van der Waals surface area contributed by atoms with Gasteiger partial charge in [0.25, 0.3) is 0 Å². The van der Waals surface area contributed by atoms with E-state index in [4.69, 9.17) is 0 Å². The van der Waals surface area contributed by atoms with Crippen molar-refractivity contribution in [1.82, 2.24) is 15.5 Å². The smallest absolute Gasteiger partial charge is 0.230 e. The molecule has 146 valence electrons. The Balaban J connectivity index is 0.00000338. The first-order valence-corrected chi connectivity index (χ1v) is 8.79. The number of guanidine groups is 1. The minimum absolute atomic E-state index is 0. The summed E-state index contributed by atoms with van der Waals surface area (Å²) in [5.41, 5.74) is 1.14. The predicted molar refractivity (Wildman–Crippen MR) is 114 cm³/mol. The van der Waals surface area contributed by atoms with E-state index in [-0.39, 0.29) is 41.1 Å². The number of rotatable bonds is 5. The Bertz CT molecular complexity index is 642. The Morgan fingerprint density at radius 3 is 2.46 bits per heavy atom. The minimum atomic E-state index is -0.350. The van der Waals surface area contributed by atoms with Crippen LogP contribution < -0.4 is 10.6 Å². The highest BCUT2D eigenvalue weighted by Gasteiger charge is 2.42.